The Kier molecular flexibility index (Phi) is 7.65. The number of hydrogen-bond donors (Lipinski definition) is 1. The summed E-state index contributed by atoms with van der Waals surface area (Å²) in [5.74, 6) is 0.411. The molecule has 2 aromatic carbocycles. The minimum absolute atomic E-state index is 0.0190. The van der Waals surface area contributed by atoms with Gasteiger partial charge < -0.3 is 14.8 Å². The molecule has 0 bridgehead atoms. The Morgan fingerprint density at radius 2 is 2.00 bits per heavy atom. The molecule has 27 heavy (non-hydrogen) atoms. The van der Waals surface area contributed by atoms with Crippen LogP contribution in [-0.2, 0) is 11.3 Å². The van der Waals surface area contributed by atoms with Gasteiger partial charge in [-0.3, -0.25) is 4.79 Å². The highest BCUT2D eigenvalue weighted by Crippen LogP contribution is 2.34. The normalized spacial score (nSPS) is 10.4. The Morgan fingerprint density at radius 1 is 1.26 bits per heavy atom. The largest absolute Gasteiger partial charge is 0.493 e. The molecular weight excluding hydrogens is 457 g/mol. The first-order chi connectivity index (χ1) is 13.1. The van der Waals surface area contributed by atoms with Crippen LogP contribution in [0.1, 0.15) is 11.1 Å². The summed E-state index contributed by atoms with van der Waals surface area (Å²) in [7, 11) is 1.48. The maximum Gasteiger partial charge on any atom is 0.262 e. The van der Waals surface area contributed by atoms with Crippen molar-refractivity contribution in [2.24, 2.45) is 0 Å². The number of nitriles is 2. The van der Waals surface area contributed by atoms with Crippen molar-refractivity contribution in [1.29, 1.82) is 10.5 Å². The minimum atomic E-state index is -0.458. The highest BCUT2D eigenvalue weighted by Gasteiger charge is 2.13. The molecule has 0 aliphatic carbocycles. The van der Waals surface area contributed by atoms with E-state index >= 15 is 0 Å². The first kappa shape index (κ1) is 20.3. The quantitative estimate of drug-likeness (QED) is 0.378. The van der Waals surface area contributed by atoms with Gasteiger partial charge in [0.1, 0.15) is 17.7 Å². The van der Waals surface area contributed by atoms with Gasteiger partial charge in [-0.05, 0) is 51.9 Å². The van der Waals surface area contributed by atoms with Gasteiger partial charge in [-0.1, -0.05) is 30.3 Å². The third-order valence-electron chi connectivity index (χ3n) is 3.50. The number of carbonyl (C=O) groups is 1. The average molecular weight is 473 g/mol. The summed E-state index contributed by atoms with van der Waals surface area (Å²) in [4.78, 5) is 12.3. The van der Waals surface area contributed by atoms with Crippen molar-refractivity contribution in [2.45, 2.75) is 6.54 Å². The number of amides is 1. The lowest BCUT2D eigenvalue weighted by atomic mass is 10.1. The van der Waals surface area contributed by atoms with E-state index < -0.39 is 5.91 Å². The van der Waals surface area contributed by atoms with Crippen molar-refractivity contribution < 1.29 is 14.3 Å². The van der Waals surface area contributed by atoms with Crippen LogP contribution in [0.15, 0.2) is 48.0 Å². The van der Waals surface area contributed by atoms with Gasteiger partial charge in [0.25, 0.3) is 5.91 Å². The van der Waals surface area contributed by atoms with Gasteiger partial charge in [0, 0.05) is 6.54 Å². The van der Waals surface area contributed by atoms with Gasteiger partial charge in [-0.15, -0.1) is 0 Å². The zero-order valence-electron chi connectivity index (χ0n) is 14.5. The van der Waals surface area contributed by atoms with E-state index in [-0.39, 0.29) is 12.2 Å². The Labute approximate surface area is 171 Å². The van der Waals surface area contributed by atoms with Crippen molar-refractivity contribution >= 4 is 34.6 Å². The van der Waals surface area contributed by atoms with Gasteiger partial charge >= 0.3 is 0 Å². The zero-order valence-corrected chi connectivity index (χ0v) is 16.7. The number of carbonyl (C=O) groups excluding carboxylic acids is 1. The van der Waals surface area contributed by atoms with E-state index in [4.69, 9.17) is 14.7 Å². The fourth-order valence-corrected chi connectivity index (χ4v) is 3.04. The van der Waals surface area contributed by atoms with Crippen LogP contribution < -0.4 is 14.8 Å². The van der Waals surface area contributed by atoms with Gasteiger partial charge in [0.15, 0.2) is 18.1 Å². The Bertz CT molecular complexity index is 928. The molecule has 0 atom stereocenters. The number of nitrogens with zero attached hydrogens (tertiary/aromatic N) is 2. The van der Waals surface area contributed by atoms with Crippen molar-refractivity contribution in [1.82, 2.24) is 5.32 Å². The summed E-state index contributed by atoms with van der Waals surface area (Å²) in [6, 6.07) is 16.7. The summed E-state index contributed by atoms with van der Waals surface area (Å²) in [6.45, 7) is 0.230. The van der Waals surface area contributed by atoms with Crippen LogP contribution in [0.4, 0.5) is 0 Å². The predicted molar refractivity (Wildman–Crippen MR) is 109 cm³/mol. The molecule has 0 radical (unpaired) electrons. The third kappa shape index (κ3) is 5.73. The maximum atomic E-state index is 12.3. The number of rotatable bonds is 7. The molecule has 0 aliphatic heterocycles. The summed E-state index contributed by atoms with van der Waals surface area (Å²) in [6.07, 6.45) is 1.49. The summed E-state index contributed by atoms with van der Waals surface area (Å²) < 4.78 is 11.4. The Balaban J connectivity index is 2.21. The van der Waals surface area contributed by atoms with Crippen molar-refractivity contribution in [3.63, 3.8) is 0 Å². The van der Waals surface area contributed by atoms with E-state index in [1.165, 1.54) is 13.2 Å². The lowest BCUT2D eigenvalue weighted by molar-refractivity contribution is -0.117. The van der Waals surface area contributed by atoms with Crippen LogP contribution in [-0.4, -0.2) is 19.6 Å². The second-order valence-electron chi connectivity index (χ2n) is 5.32. The number of benzene rings is 2. The molecule has 136 valence electrons. The summed E-state index contributed by atoms with van der Waals surface area (Å²) in [5.41, 5.74) is 1.54. The lowest BCUT2D eigenvalue weighted by Crippen LogP contribution is -2.23. The van der Waals surface area contributed by atoms with Crippen LogP contribution in [0.5, 0.6) is 11.5 Å². The van der Waals surface area contributed by atoms with Crippen molar-refractivity contribution in [3.8, 4) is 23.6 Å². The first-order valence-corrected chi connectivity index (χ1v) is 8.98. The predicted octanol–water partition coefficient (Wildman–Crippen LogP) is 3.43. The van der Waals surface area contributed by atoms with E-state index in [2.05, 4.69) is 5.32 Å². The first-order valence-electron chi connectivity index (χ1n) is 7.90. The van der Waals surface area contributed by atoms with Crippen LogP contribution in [0.2, 0.25) is 0 Å². The van der Waals surface area contributed by atoms with Crippen molar-refractivity contribution in [2.75, 3.05) is 13.7 Å². The fraction of sp³-hybridized carbons (Fsp3) is 0.150. The van der Waals surface area contributed by atoms with Gasteiger partial charge in [0.2, 0.25) is 0 Å². The number of hydrogen-bond acceptors (Lipinski definition) is 5. The molecule has 0 fully saturated rings. The molecule has 0 aliphatic rings. The van der Waals surface area contributed by atoms with Crippen LogP contribution >= 0.6 is 22.6 Å². The fourth-order valence-electron chi connectivity index (χ4n) is 2.26. The SMILES string of the molecule is COc1cc(/C=C(/C#N)C(=O)NCc2ccccc2)cc(I)c1OCC#N. The molecule has 1 N–H and O–H groups in total. The topological polar surface area (TPSA) is 95.1 Å². The number of nitrogens with one attached hydrogen (secondary N) is 1. The highest BCUT2D eigenvalue weighted by molar-refractivity contribution is 14.1. The molecule has 0 spiro atoms. The third-order valence-corrected chi connectivity index (χ3v) is 4.31. The second-order valence-corrected chi connectivity index (χ2v) is 6.48. The molecule has 6 nitrogen and oxygen atoms in total. The molecule has 2 rings (SSSR count). The van der Waals surface area contributed by atoms with E-state index in [0.29, 0.717) is 27.2 Å². The van der Waals surface area contributed by atoms with E-state index in [9.17, 15) is 10.1 Å². The molecule has 1 amide bonds. The van der Waals surface area contributed by atoms with Crippen LogP contribution in [0.3, 0.4) is 0 Å². The van der Waals surface area contributed by atoms with E-state index in [1.807, 2.05) is 65.1 Å². The average Bonchev–Trinajstić information content (AvgIpc) is 2.69. The smallest absolute Gasteiger partial charge is 0.262 e. The molecule has 0 saturated carbocycles. The standard InChI is InChI=1S/C20H16IN3O3/c1-26-18-11-15(10-17(21)19(18)27-8-7-22)9-16(12-23)20(25)24-13-14-5-3-2-4-6-14/h2-6,9-11H,8,13H2,1H3,(H,24,25)/b16-9-. The molecule has 2 aromatic rings. The molecule has 0 unspecified atom stereocenters. The van der Waals surface area contributed by atoms with Crippen LogP contribution in [0.25, 0.3) is 6.08 Å². The Hall–Kier alpha value is -3.04. The molecular formula is C20H16IN3O3. The Morgan fingerprint density at radius 3 is 2.63 bits per heavy atom. The van der Waals surface area contributed by atoms with Gasteiger partial charge in [-0.25, -0.2) is 0 Å². The molecule has 7 heteroatoms. The molecule has 0 heterocycles. The minimum Gasteiger partial charge on any atom is -0.493 e. The van der Waals surface area contributed by atoms with Crippen LogP contribution in [0, 0.1) is 26.2 Å². The van der Waals surface area contributed by atoms with Gasteiger partial charge in [-0.2, -0.15) is 10.5 Å². The number of ether oxygens (including phenoxy) is 2. The molecule has 0 aromatic heterocycles. The molecule has 0 saturated heterocycles. The lowest BCUT2D eigenvalue weighted by Gasteiger charge is -2.12. The monoisotopic (exact) mass is 473 g/mol. The zero-order chi connectivity index (χ0) is 19.6. The highest BCUT2D eigenvalue weighted by atomic mass is 127. The number of halogens is 1. The number of methoxy groups -OCH3 is 1. The summed E-state index contributed by atoms with van der Waals surface area (Å²) in [5, 5.41) is 20.8. The van der Waals surface area contributed by atoms with Gasteiger partial charge in [0.05, 0.1) is 10.7 Å². The van der Waals surface area contributed by atoms with E-state index in [0.717, 1.165) is 5.56 Å². The maximum absolute atomic E-state index is 12.3. The van der Waals surface area contributed by atoms with Crippen molar-refractivity contribution in [3.05, 3.63) is 62.7 Å². The second kappa shape index (κ2) is 10.2. The summed E-state index contributed by atoms with van der Waals surface area (Å²) >= 11 is 2.05. The van der Waals surface area contributed by atoms with E-state index in [1.54, 1.807) is 12.1 Å².